The molecule has 1 aliphatic heterocycles. The Labute approximate surface area is 161 Å². The number of hydrogen-bond donors (Lipinski definition) is 0. The molecule has 1 atom stereocenters. The first-order chi connectivity index (χ1) is 13.8. The quantitative estimate of drug-likeness (QED) is 0.619. The summed E-state index contributed by atoms with van der Waals surface area (Å²) < 4.78 is 60.7. The standard InChI is InChI=1S/C18H12F4N6O/c19-12-3-1-2-11(8-12)15-26-16(29-27-15)17(18(20,21)22)5-7-28(10-17)14-4-6-24-13(9-23)25-14/h1-4,6,8H,5,7,10H2. The van der Waals surface area contributed by atoms with Crippen molar-refractivity contribution in [3.63, 3.8) is 0 Å². The van der Waals surface area contributed by atoms with Crippen LogP contribution < -0.4 is 4.90 Å². The van der Waals surface area contributed by atoms with Crippen LogP contribution in [0.15, 0.2) is 41.1 Å². The van der Waals surface area contributed by atoms with Crippen LogP contribution in [-0.4, -0.2) is 39.4 Å². The van der Waals surface area contributed by atoms with Gasteiger partial charge in [0.2, 0.25) is 17.5 Å². The normalized spacial score (nSPS) is 19.3. The Morgan fingerprint density at radius 1 is 1.21 bits per heavy atom. The SMILES string of the molecule is N#Cc1nccc(N2CCC(c3nc(-c4cccc(F)c4)no3)(C(F)(F)F)C2)n1. The summed E-state index contributed by atoms with van der Waals surface area (Å²) in [6.07, 6.45) is -3.71. The summed E-state index contributed by atoms with van der Waals surface area (Å²) in [7, 11) is 0. The molecular formula is C18H12F4N6O. The highest BCUT2D eigenvalue weighted by molar-refractivity contribution is 5.54. The lowest BCUT2D eigenvalue weighted by atomic mass is 9.86. The minimum atomic E-state index is -4.68. The molecule has 3 heterocycles. The predicted molar refractivity (Wildman–Crippen MR) is 91.0 cm³/mol. The van der Waals surface area contributed by atoms with Gasteiger partial charge in [0.05, 0.1) is 0 Å². The molecule has 1 saturated heterocycles. The topological polar surface area (TPSA) is 91.7 Å². The van der Waals surface area contributed by atoms with E-state index in [1.807, 2.05) is 0 Å². The zero-order valence-electron chi connectivity index (χ0n) is 14.7. The van der Waals surface area contributed by atoms with E-state index in [2.05, 4.69) is 20.1 Å². The Bertz CT molecular complexity index is 1090. The minimum Gasteiger partial charge on any atom is -0.355 e. The van der Waals surface area contributed by atoms with Gasteiger partial charge < -0.3 is 9.42 Å². The van der Waals surface area contributed by atoms with Crippen molar-refractivity contribution in [3.8, 4) is 17.5 Å². The molecule has 0 N–H and O–H groups in total. The molecule has 0 amide bonds. The van der Waals surface area contributed by atoms with E-state index in [1.54, 1.807) is 6.07 Å². The second kappa shape index (κ2) is 6.80. The number of nitrogens with zero attached hydrogens (tertiary/aromatic N) is 6. The maximum atomic E-state index is 14.1. The minimum absolute atomic E-state index is 0.0130. The average molecular weight is 404 g/mol. The number of benzene rings is 1. The summed E-state index contributed by atoms with van der Waals surface area (Å²) in [6, 6.07) is 8.38. The molecule has 7 nitrogen and oxygen atoms in total. The van der Waals surface area contributed by atoms with Gasteiger partial charge in [0, 0.05) is 24.8 Å². The molecule has 1 fully saturated rings. The van der Waals surface area contributed by atoms with E-state index in [0.717, 1.165) is 6.07 Å². The molecule has 2 aromatic heterocycles. The number of halogens is 4. The third kappa shape index (κ3) is 3.26. The van der Waals surface area contributed by atoms with E-state index in [4.69, 9.17) is 9.78 Å². The number of nitriles is 1. The van der Waals surface area contributed by atoms with Gasteiger partial charge in [-0.15, -0.1) is 0 Å². The van der Waals surface area contributed by atoms with Crippen LogP contribution in [0, 0.1) is 17.1 Å². The van der Waals surface area contributed by atoms with Crippen molar-refractivity contribution in [2.24, 2.45) is 0 Å². The summed E-state index contributed by atoms with van der Waals surface area (Å²) in [5.74, 6) is -1.23. The van der Waals surface area contributed by atoms with Crippen molar-refractivity contribution in [2.45, 2.75) is 18.0 Å². The van der Waals surface area contributed by atoms with Gasteiger partial charge in [0.15, 0.2) is 5.41 Å². The lowest BCUT2D eigenvalue weighted by Crippen LogP contribution is -2.45. The average Bonchev–Trinajstić information content (AvgIpc) is 3.36. The van der Waals surface area contributed by atoms with Crippen molar-refractivity contribution in [1.82, 2.24) is 20.1 Å². The molecule has 0 spiro atoms. The van der Waals surface area contributed by atoms with Crippen LogP contribution >= 0.6 is 0 Å². The van der Waals surface area contributed by atoms with Crippen molar-refractivity contribution in [3.05, 3.63) is 54.1 Å². The summed E-state index contributed by atoms with van der Waals surface area (Å²) >= 11 is 0. The molecule has 0 saturated carbocycles. The highest BCUT2D eigenvalue weighted by Gasteiger charge is 2.63. The smallest absolute Gasteiger partial charge is 0.355 e. The highest BCUT2D eigenvalue weighted by Crippen LogP contribution is 2.48. The number of alkyl halides is 3. The van der Waals surface area contributed by atoms with Crippen LogP contribution in [0.4, 0.5) is 23.4 Å². The fourth-order valence-corrected chi connectivity index (χ4v) is 3.27. The van der Waals surface area contributed by atoms with Crippen molar-refractivity contribution >= 4 is 5.82 Å². The molecule has 11 heteroatoms. The third-order valence-corrected chi connectivity index (χ3v) is 4.80. The van der Waals surface area contributed by atoms with E-state index in [0.29, 0.717) is 0 Å². The van der Waals surface area contributed by atoms with Gasteiger partial charge in [-0.2, -0.15) is 23.4 Å². The first-order valence-electron chi connectivity index (χ1n) is 8.47. The Hall–Kier alpha value is -3.55. The molecule has 0 bridgehead atoms. The van der Waals surface area contributed by atoms with Crippen molar-refractivity contribution in [2.75, 3.05) is 18.0 Å². The predicted octanol–water partition coefficient (Wildman–Crippen LogP) is 3.25. The first kappa shape index (κ1) is 18.8. The Kier molecular flexibility index (Phi) is 4.41. The molecule has 4 rings (SSSR count). The van der Waals surface area contributed by atoms with Gasteiger partial charge in [0.1, 0.15) is 17.7 Å². The number of anilines is 1. The summed E-state index contributed by atoms with van der Waals surface area (Å²) in [5, 5.41) is 12.5. The lowest BCUT2D eigenvalue weighted by molar-refractivity contribution is -0.191. The van der Waals surface area contributed by atoms with Crippen LogP contribution in [-0.2, 0) is 5.41 Å². The van der Waals surface area contributed by atoms with Crippen LogP contribution in [0.3, 0.4) is 0 Å². The van der Waals surface area contributed by atoms with Gasteiger partial charge in [-0.25, -0.2) is 14.4 Å². The number of aromatic nitrogens is 4. The molecule has 0 aliphatic carbocycles. The number of hydrogen-bond acceptors (Lipinski definition) is 7. The lowest BCUT2D eigenvalue weighted by Gasteiger charge is -2.28. The first-order valence-corrected chi connectivity index (χ1v) is 8.47. The summed E-state index contributed by atoms with van der Waals surface area (Å²) in [5.41, 5.74) is -2.20. The largest absolute Gasteiger partial charge is 0.405 e. The fourth-order valence-electron chi connectivity index (χ4n) is 3.27. The van der Waals surface area contributed by atoms with Crippen LogP contribution in [0.25, 0.3) is 11.4 Å². The maximum absolute atomic E-state index is 14.1. The van der Waals surface area contributed by atoms with E-state index in [9.17, 15) is 17.6 Å². The van der Waals surface area contributed by atoms with E-state index < -0.39 is 29.8 Å². The highest BCUT2D eigenvalue weighted by atomic mass is 19.4. The molecule has 29 heavy (non-hydrogen) atoms. The maximum Gasteiger partial charge on any atom is 0.405 e. The Balaban J connectivity index is 1.70. The monoisotopic (exact) mass is 404 g/mol. The molecular weight excluding hydrogens is 392 g/mol. The molecule has 1 aliphatic rings. The summed E-state index contributed by atoms with van der Waals surface area (Å²) in [6.45, 7) is -0.498. The van der Waals surface area contributed by atoms with Gasteiger partial charge in [0.25, 0.3) is 0 Å². The van der Waals surface area contributed by atoms with Crippen molar-refractivity contribution in [1.29, 1.82) is 5.26 Å². The van der Waals surface area contributed by atoms with Gasteiger partial charge in [-0.3, -0.25) is 0 Å². The Morgan fingerprint density at radius 3 is 2.76 bits per heavy atom. The van der Waals surface area contributed by atoms with E-state index in [-0.39, 0.29) is 36.0 Å². The summed E-state index contributed by atoms with van der Waals surface area (Å²) in [4.78, 5) is 13.0. The van der Waals surface area contributed by atoms with E-state index in [1.165, 1.54) is 35.4 Å². The molecule has 1 aromatic carbocycles. The fraction of sp³-hybridized carbons (Fsp3) is 0.278. The Morgan fingerprint density at radius 2 is 2.03 bits per heavy atom. The zero-order chi connectivity index (χ0) is 20.6. The number of rotatable bonds is 3. The molecule has 148 valence electrons. The van der Waals surface area contributed by atoms with Crippen LogP contribution in [0.1, 0.15) is 18.1 Å². The van der Waals surface area contributed by atoms with Gasteiger partial charge >= 0.3 is 6.18 Å². The zero-order valence-corrected chi connectivity index (χ0v) is 14.7. The van der Waals surface area contributed by atoms with Crippen molar-refractivity contribution < 1.29 is 22.1 Å². The van der Waals surface area contributed by atoms with Gasteiger partial charge in [-0.1, -0.05) is 17.3 Å². The van der Waals surface area contributed by atoms with Crippen LogP contribution in [0.5, 0.6) is 0 Å². The molecule has 1 unspecified atom stereocenters. The second-order valence-corrected chi connectivity index (χ2v) is 6.54. The van der Waals surface area contributed by atoms with Gasteiger partial charge in [-0.05, 0) is 24.6 Å². The second-order valence-electron chi connectivity index (χ2n) is 6.54. The van der Waals surface area contributed by atoms with E-state index >= 15 is 0 Å². The molecule has 0 radical (unpaired) electrons. The molecule has 3 aromatic rings. The van der Waals surface area contributed by atoms with Crippen LogP contribution in [0.2, 0.25) is 0 Å². The third-order valence-electron chi connectivity index (χ3n) is 4.80.